The lowest BCUT2D eigenvalue weighted by atomic mass is 9.70. The van der Waals surface area contributed by atoms with Gasteiger partial charge in [0.1, 0.15) is 5.60 Å². The van der Waals surface area contributed by atoms with Crippen molar-refractivity contribution < 1.29 is 9.53 Å². The number of ether oxygens (including phenoxy) is 1. The molecule has 0 N–H and O–H groups in total. The first kappa shape index (κ1) is 51.7. The van der Waals surface area contributed by atoms with Crippen molar-refractivity contribution in [2.24, 2.45) is 0 Å². The van der Waals surface area contributed by atoms with Crippen molar-refractivity contribution >= 4 is 57.1 Å². The molecule has 0 heterocycles. The van der Waals surface area contributed by atoms with Gasteiger partial charge in [0.15, 0.2) is 0 Å². The van der Waals surface area contributed by atoms with E-state index in [1.807, 2.05) is 57.2 Å². The van der Waals surface area contributed by atoms with Gasteiger partial charge in [-0.3, -0.25) is 0 Å². The van der Waals surface area contributed by atoms with Gasteiger partial charge >= 0.3 is 6.09 Å². The Hall–Kier alpha value is -5.66. The minimum atomic E-state index is -0.644. The summed E-state index contributed by atoms with van der Waals surface area (Å²) >= 11 is 2.42. The second kappa shape index (κ2) is 23.7. The maximum atomic E-state index is 13.8. The fourth-order valence-electron chi connectivity index (χ4n) is 10.6. The van der Waals surface area contributed by atoms with Crippen LogP contribution in [0, 0.1) is 17.4 Å². The van der Waals surface area contributed by atoms with Gasteiger partial charge in [-0.25, -0.2) is 9.69 Å². The van der Waals surface area contributed by atoms with Crippen LogP contribution in [-0.4, -0.2) is 11.7 Å². The molecule has 71 heavy (non-hydrogen) atoms. The van der Waals surface area contributed by atoms with Crippen molar-refractivity contribution in [2.45, 2.75) is 149 Å². The van der Waals surface area contributed by atoms with E-state index in [0.717, 1.165) is 34.0 Å². The maximum absolute atomic E-state index is 13.8. The summed E-state index contributed by atoms with van der Waals surface area (Å²) < 4.78 is 7.20. The van der Waals surface area contributed by atoms with Crippen molar-refractivity contribution in [3.8, 4) is 33.4 Å². The third kappa shape index (κ3) is 12.5. The van der Waals surface area contributed by atoms with Crippen LogP contribution in [0.4, 0.5) is 33.2 Å². The average molecular weight is 1060 g/mol. The van der Waals surface area contributed by atoms with E-state index in [0.29, 0.717) is 0 Å². The van der Waals surface area contributed by atoms with Gasteiger partial charge in [0.2, 0.25) is 0 Å². The van der Waals surface area contributed by atoms with Crippen LogP contribution < -0.4 is 9.80 Å². The molecule has 0 radical (unpaired) electrons. The van der Waals surface area contributed by atoms with Crippen molar-refractivity contribution in [1.29, 1.82) is 0 Å². The monoisotopic (exact) mass is 1050 g/mol. The quantitative estimate of drug-likeness (QED) is 0.0531. The summed E-state index contributed by atoms with van der Waals surface area (Å²) in [6.45, 7) is 14.5. The summed E-state index contributed by atoms with van der Waals surface area (Å²) in [5.41, 5.74) is 17.2. The largest absolute Gasteiger partial charge is 0.443 e. The SMILES string of the molecule is CCCCCCCCC1(CCCCCCCC)c2cc(-c3ccc(I)cc3)ccc2-c2ccc(-c3ccc(N(c4ccc(C)cc4)c4ccc(N(C(=O)OC(C)(C)C)c5ccc(C)cc5)cc4)cc3)cc21. The summed E-state index contributed by atoms with van der Waals surface area (Å²) in [6, 6.07) is 57.8. The summed E-state index contributed by atoms with van der Waals surface area (Å²) in [7, 11) is 0. The predicted octanol–water partition coefficient (Wildman–Crippen LogP) is 20.6. The first-order chi connectivity index (χ1) is 34.4. The smallest absolute Gasteiger partial charge is 0.419 e. The van der Waals surface area contributed by atoms with Gasteiger partial charge in [-0.15, -0.1) is 0 Å². The lowest BCUT2D eigenvalue weighted by Crippen LogP contribution is -2.33. The Bertz CT molecular complexity index is 2810. The fourth-order valence-corrected chi connectivity index (χ4v) is 11.0. The highest BCUT2D eigenvalue weighted by atomic mass is 127. The van der Waals surface area contributed by atoms with Crippen LogP contribution in [0.3, 0.4) is 0 Å². The Morgan fingerprint density at radius 2 is 0.817 bits per heavy atom. The molecule has 0 atom stereocenters. The molecule has 1 aliphatic rings. The molecule has 0 unspecified atom stereocenters. The third-order valence-corrected chi connectivity index (χ3v) is 15.2. The number of rotatable bonds is 21. The van der Waals surface area contributed by atoms with E-state index in [1.165, 1.54) is 144 Å². The summed E-state index contributed by atoms with van der Waals surface area (Å²) in [5.74, 6) is 0. The van der Waals surface area contributed by atoms with E-state index in [4.69, 9.17) is 4.74 Å². The van der Waals surface area contributed by atoms with Crippen LogP contribution in [0.15, 0.2) is 158 Å². The van der Waals surface area contributed by atoms with Crippen molar-refractivity contribution in [2.75, 3.05) is 9.80 Å². The van der Waals surface area contributed by atoms with Gasteiger partial charge in [0, 0.05) is 26.0 Å². The summed E-state index contributed by atoms with van der Waals surface area (Å²) in [4.78, 5) is 17.8. The predicted molar refractivity (Wildman–Crippen MR) is 311 cm³/mol. The number of amides is 1. The zero-order valence-corrected chi connectivity index (χ0v) is 45.7. The Labute approximate surface area is 440 Å². The molecule has 1 amide bonds. The zero-order chi connectivity index (χ0) is 50.0. The molecule has 0 saturated carbocycles. The Morgan fingerprint density at radius 1 is 0.465 bits per heavy atom. The normalized spacial score (nSPS) is 12.6. The van der Waals surface area contributed by atoms with E-state index in [-0.39, 0.29) is 5.41 Å². The van der Waals surface area contributed by atoms with E-state index < -0.39 is 11.7 Å². The number of nitrogens with zero attached hydrogens (tertiary/aromatic N) is 2. The standard InChI is InChI=1S/C66H75IN2O2/c1-8-10-12-14-16-18-44-66(45-19-17-15-13-11-9-2)62-46-52(50-24-30-54(67)31-25-50)28-42-60(62)61-43-29-53(47-63(61)66)51-26-36-56(37-27-51)68(55-32-20-48(3)21-33-55)57-38-40-59(41-39-57)69(64(70)71-65(5,6)7)58-34-22-49(4)23-35-58/h20-43,46-47H,8-19,44-45H2,1-7H3. The number of anilines is 5. The van der Waals surface area contributed by atoms with E-state index in [1.54, 1.807) is 4.90 Å². The topological polar surface area (TPSA) is 32.8 Å². The van der Waals surface area contributed by atoms with Crippen LogP contribution >= 0.6 is 22.6 Å². The third-order valence-electron chi connectivity index (χ3n) is 14.4. The Balaban J connectivity index is 1.15. The second-order valence-electron chi connectivity index (χ2n) is 21.0. The van der Waals surface area contributed by atoms with Gasteiger partial charge in [-0.1, -0.05) is 175 Å². The number of unbranched alkanes of at least 4 members (excludes halogenated alkanes) is 10. The second-order valence-corrected chi connectivity index (χ2v) is 22.3. The number of hydrogen-bond acceptors (Lipinski definition) is 3. The molecule has 0 fully saturated rings. The molecule has 0 bridgehead atoms. The van der Waals surface area contributed by atoms with Gasteiger partial charge in [0.25, 0.3) is 0 Å². The molecule has 1 aliphatic carbocycles. The van der Waals surface area contributed by atoms with Crippen LogP contribution in [0.5, 0.6) is 0 Å². The molecule has 0 saturated heterocycles. The van der Waals surface area contributed by atoms with Gasteiger partial charge in [-0.2, -0.15) is 0 Å². The fraction of sp³-hybridized carbons (Fsp3) is 0.348. The van der Waals surface area contributed by atoms with Crippen molar-refractivity contribution in [3.05, 3.63) is 184 Å². The first-order valence-electron chi connectivity index (χ1n) is 26.6. The highest BCUT2D eigenvalue weighted by molar-refractivity contribution is 14.1. The average Bonchev–Trinajstić information content (AvgIpc) is 3.63. The summed E-state index contributed by atoms with van der Waals surface area (Å²) in [6.07, 6.45) is 17.5. The van der Waals surface area contributed by atoms with E-state index >= 15 is 0 Å². The number of benzene rings is 7. The molecule has 7 aromatic carbocycles. The number of carbonyl (C=O) groups excluding carboxylic acids is 1. The van der Waals surface area contributed by atoms with Crippen molar-refractivity contribution in [1.82, 2.24) is 0 Å². The number of hydrogen-bond donors (Lipinski definition) is 0. The molecule has 5 heteroatoms. The van der Waals surface area contributed by atoms with Crippen LogP contribution in [-0.2, 0) is 10.2 Å². The van der Waals surface area contributed by atoms with Gasteiger partial charge < -0.3 is 9.64 Å². The Morgan fingerprint density at radius 3 is 1.25 bits per heavy atom. The van der Waals surface area contributed by atoms with Crippen LogP contribution in [0.1, 0.15) is 147 Å². The molecule has 0 aliphatic heterocycles. The number of fused-ring (bicyclic) bond motifs is 3. The minimum Gasteiger partial charge on any atom is -0.443 e. The highest BCUT2D eigenvalue weighted by Crippen LogP contribution is 2.56. The van der Waals surface area contributed by atoms with Gasteiger partial charge in [0.05, 0.1) is 11.4 Å². The summed E-state index contributed by atoms with van der Waals surface area (Å²) in [5, 5.41) is 0. The molecular weight excluding hydrogens is 980 g/mol. The number of halogens is 1. The van der Waals surface area contributed by atoms with Crippen molar-refractivity contribution in [3.63, 3.8) is 0 Å². The maximum Gasteiger partial charge on any atom is 0.419 e. The molecule has 7 aromatic rings. The van der Waals surface area contributed by atoms with Crippen LogP contribution in [0.25, 0.3) is 33.4 Å². The molecular formula is C66H75IN2O2. The highest BCUT2D eigenvalue weighted by Gasteiger charge is 2.42. The molecule has 0 aromatic heterocycles. The number of carbonyl (C=O) groups is 1. The van der Waals surface area contributed by atoms with Gasteiger partial charge in [-0.05, 0) is 199 Å². The first-order valence-corrected chi connectivity index (χ1v) is 27.7. The molecule has 4 nitrogen and oxygen atoms in total. The lowest BCUT2D eigenvalue weighted by Gasteiger charge is -2.33. The number of aryl methyl sites for hydroxylation is 2. The zero-order valence-electron chi connectivity index (χ0n) is 43.5. The van der Waals surface area contributed by atoms with Crippen LogP contribution in [0.2, 0.25) is 0 Å². The minimum absolute atomic E-state index is 0.0394. The Kier molecular flexibility index (Phi) is 17.3. The lowest BCUT2D eigenvalue weighted by molar-refractivity contribution is 0.0599. The van der Waals surface area contributed by atoms with E-state index in [2.05, 4.69) is 177 Å². The molecule has 368 valence electrons. The molecule has 8 rings (SSSR count). The van der Waals surface area contributed by atoms with E-state index in [9.17, 15) is 4.79 Å². The molecule has 0 spiro atoms.